The van der Waals surface area contributed by atoms with Crippen LogP contribution in [0.5, 0.6) is 0 Å². The maximum Gasteiger partial charge on any atom is 0.296 e. The van der Waals surface area contributed by atoms with Gasteiger partial charge in [0.25, 0.3) is 20.2 Å². The summed E-state index contributed by atoms with van der Waals surface area (Å²) in [5.74, 6) is 0. The fourth-order valence-electron chi connectivity index (χ4n) is 0.608. The first-order valence-corrected chi connectivity index (χ1v) is 6.72. The van der Waals surface area contributed by atoms with Crippen LogP contribution in [0.3, 0.4) is 0 Å². The van der Waals surface area contributed by atoms with Gasteiger partial charge in [0.15, 0.2) is 0 Å². The van der Waals surface area contributed by atoms with Crippen LogP contribution in [-0.4, -0.2) is 39.2 Å². The molecule has 0 saturated carbocycles. The van der Waals surface area contributed by atoms with Gasteiger partial charge >= 0.3 is 0 Å². The number of hydrogen-bond donors (Lipinski definition) is 2. The zero-order valence-electron chi connectivity index (χ0n) is 8.52. The Labute approximate surface area is 93.7 Å². The molecule has 0 unspecified atom stereocenters. The molecule has 0 spiro atoms. The van der Waals surface area contributed by atoms with Crippen molar-refractivity contribution < 1.29 is 25.9 Å². The summed E-state index contributed by atoms with van der Waals surface area (Å²) in [5, 5.41) is 0. The second-order valence-electron chi connectivity index (χ2n) is 2.68. The molecular formula is C7H11NO6S2. The molecule has 0 amide bonds. The molecule has 0 rings (SSSR count). The number of hydrogen-bond acceptors (Lipinski definition) is 5. The third-order valence-corrected chi connectivity index (χ3v) is 3.23. The Morgan fingerprint density at radius 3 is 1.88 bits per heavy atom. The molecule has 7 nitrogen and oxygen atoms in total. The van der Waals surface area contributed by atoms with E-state index >= 15 is 0 Å². The number of rotatable bonds is 4. The zero-order chi connectivity index (χ0) is 13.0. The molecule has 0 atom stereocenters. The summed E-state index contributed by atoms with van der Waals surface area (Å²) in [7, 11) is -7.56. The minimum atomic E-state index is -4.48. The van der Waals surface area contributed by atoms with Crippen LogP contribution in [0, 0.1) is 0 Å². The van der Waals surface area contributed by atoms with E-state index in [1.807, 2.05) is 0 Å². The molecule has 0 heterocycles. The third-order valence-electron chi connectivity index (χ3n) is 1.44. The predicted molar refractivity (Wildman–Crippen MR) is 59.4 cm³/mol. The molecular weight excluding hydrogens is 258 g/mol. The lowest BCUT2D eigenvalue weighted by atomic mass is 10.4. The van der Waals surface area contributed by atoms with Crippen LogP contribution < -0.4 is 0 Å². The monoisotopic (exact) mass is 269 g/mol. The largest absolute Gasteiger partial charge is 0.296 e. The zero-order valence-corrected chi connectivity index (χ0v) is 10.2. The van der Waals surface area contributed by atoms with Gasteiger partial charge in [-0.2, -0.15) is 16.8 Å². The van der Waals surface area contributed by atoms with Crippen LogP contribution in [0.4, 0.5) is 0 Å². The highest BCUT2D eigenvalue weighted by Gasteiger charge is 2.11. The molecule has 0 aliphatic carbocycles. The maximum atomic E-state index is 10.7. The van der Waals surface area contributed by atoms with E-state index in [4.69, 9.17) is 9.11 Å². The Morgan fingerprint density at radius 2 is 1.56 bits per heavy atom. The van der Waals surface area contributed by atoms with Crippen LogP contribution in [-0.2, 0) is 20.2 Å². The highest BCUT2D eigenvalue weighted by molar-refractivity contribution is 7.90. The van der Waals surface area contributed by atoms with E-state index in [0.29, 0.717) is 0 Å². The van der Waals surface area contributed by atoms with Gasteiger partial charge in [-0.15, -0.1) is 0 Å². The van der Waals surface area contributed by atoms with E-state index in [0.717, 1.165) is 25.3 Å². The topological polar surface area (TPSA) is 121 Å². The highest BCUT2D eigenvalue weighted by atomic mass is 32.2. The Balaban J connectivity index is 5.47. The van der Waals surface area contributed by atoms with Gasteiger partial charge in [0.05, 0.1) is 4.91 Å². The first kappa shape index (κ1) is 15.0. The minimum absolute atomic E-state index is 0.460. The quantitative estimate of drug-likeness (QED) is 0.428. The SMILES string of the molecule is C/N=C/C(=C\C=C(/C)S(=O)(=O)O)S(=O)(=O)O. The molecule has 0 bridgehead atoms. The van der Waals surface area contributed by atoms with Gasteiger partial charge < -0.3 is 0 Å². The first-order chi connectivity index (χ1) is 7.09. The van der Waals surface area contributed by atoms with E-state index in [2.05, 4.69) is 4.99 Å². The summed E-state index contributed by atoms with van der Waals surface area (Å²) >= 11 is 0. The van der Waals surface area contributed by atoms with Crippen molar-refractivity contribution >= 4 is 26.5 Å². The molecule has 0 radical (unpaired) electrons. The van der Waals surface area contributed by atoms with Crippen LogP contribution >= 0.6 is 0 Å². The van der Waals surface area contributed by atoms with Crippen LogP contribution in [0.25, 0.3) is 0 Å². The molecule has 2 N–H and O–H groups in total. The fraction of sp³-hybridized carbons (Fsp3) is 0.286. The lowest BCUT2D eigenvalue weighted by Crippen LogP contribution is -2.03. The lowest BCUT2D eigenvalue weighted by Gasteiger charge is -1.96. The molecule has 0 aromatic heterocycles. The predicted octanol–water partition coefficient (Wildman–Crippen LogP) is 0.250. The highest BCUT2D eigenvalue weighted by Crippen LogP contribution is 2.06. The Kier molecular flexibility index (Phi) is 5.00. The lowest BCUT2D eigenvalue weighted by molar-refractivity contribution is 0.489. The van der Waals surface area contributed by atoms with Crippen molar-refractivity contribution in [2.24, 2.45) is 4.99 Å². The standard InChI is InChI=1S/C7H11NO6S2/c1-6(15(9,10)11)3-4-7(5-8-2)16(12,13)14/h3-5H,1-2H3,(H,9,10,11)(H,12,13,14)/b6-3+,7-4+,8-5+. The number of nitrogens with zero attached hydrogens (tertiary/aromatic N) is 1. The first-order valence-electron chi connectivity index (χ1n) is 3.84. The van der Waals surface area contributed by atoms with Crippen molar-refractivity contribution in [3.63, 3.8) is 0 Å². The van der Waals surface area contributed by atoms with Crippen molar-refractivity contribution in [1.29, 1.82) is 0 Å². The van der Waals surface area contributed by atoms with Gasteiger partial charge in [-0.05, 0) is 19.1 Å². The Hall–Kier alpha value is -1.03. The second-order valence-corrected chi connectivity index (χ2v) is 5.70. The maximum absolute atomic E-state index is 10.7. The minimum Gasteiger partial charge on any atom is -0.295 e. The number of allylic oxidation sites excluding steroid dienone is 4. The van der Waals surface area contributed by atoms with Crippen molar-refractivity contribution in [3.8, 4) is 0 Å². The average molecular weight is 269 g/mol. The van der Waals surface area contributed by atoms with Gasteiger partial charge in [0.2, 0.25) is 0 Å². The Bertz CT molecular complexity index is 537. The van der Waals surface area contributed by atoms with Crippen molar-refractivity contribution in [1.82, 2.24) is 0 Å². The Morgan fingerprint density at radius 1 is 1.06 bits per heavy atom. The molecule has 0 aromatic carbocycles. The number of aliphatic imine (C=N–C) groups is 1. The molecule has 0 aliphatic rings. The summed E-state index contributed by atoms with van der Waals surface area (Å²) in [6.07, 6.45) is 2.48. The van der Waals surface area contributed by atoms with Crippen molar-refractivity contribution in [2.75, 3.05) is 7.05 Å². The summed E-state index contributed by atoms with van der Waals surface area (Å²) in [5.41, 5.74) is 0. The van der Waals surface area contributed by atoms with Gasteiger partial charge in [-0.25, -0.2) is 0 Å². The van der Waals surface area contributed by atoms with Crippen LogP contribution in [0.2, 0.25) is 0 Å². The summed E-state index contributed by atoms with van der Waals surface area (Å²) in [6, 6.07) is 0. The molecule has 16 heavy (non-hydrogen) atoms. The normalized spacial score (nSPS) is 15.8. The van der Waals surface area contributed by atoms with E-state index < -0.39 is 30.0 Å². The molecule has 9 heteroatoms. The molecule has 0 aromatic rings. The van der Waals surface area contributed by atoms with Gasteiger partial charge in [-0.1, -0.05) is 0 Å². The van der Waals surface area contributed by atoms with E-state index in [1.54, 1.807) is 0 Å². The van der Waals surface area contributed by atoms with Crippen molar-refractivity contribution in [2.45, 2.75) is 6.92 Å². The molecule has 92 valence electrons. The second kappa shape index (κ2) is 5.34. The average Bonchev–Trinajstić information content (AvgIpc) is 2.07. The molecule has 0 fully saturated rings. The molecule has 0 aliphatic heterocycles. The summed E-state index contributed by atoms with van der Waals surface area (Å²) < 4.78 is 59.9. The van der Waals surface area contributed by atoms with Crippen LogP contribution in [0.1, 0.15) is 6.92 Å². The molecule has 0 saturated heterocycles. The third kappa shape index (κ3) is 5.16. The summed E-state index contributed by atoms with van der Waals surface area (Å²) in [6.45, 7) is 1.07. The van der Waals surface area contributed by atoms with Crippen molar-refractivity contribution in [3.05, 3.63) is 22.0 Å². The summed E-state index contributed by atoms with van der Waals surface area (Å²) in [4.78, 5) is 2.32. The van der Waals surface area contributed by atoms with Crippen LogP contribution in [0.15, 0.2) is 27.0 Å². The smallest absolute Gasteiger partial charge is 0.295 e. The van der Waals surface area contributed by atoms with E-state index in [-0.39, 0.29) is 0 Å². The van der Waals surface area contributed by atoms with Gasteiger partial charge in [0, 0.05) is 13.3 Å². The van der Waals surface area contributed by atoms with E-state index in [9.17, 15) is 16.8 Å². The van der Waals surface area contributed by atoms with E-state index in [1.165, 1.54) is 7.05 Å². The van der Waals surface area contributed by atoms with Gasteiger partial charge in [0.1, 0.15) is 4.91 Å². The fourth-order valence-corrected chi connectivity index (χ4v) is 1.33. The van der Waals surface area contributed by atoms with Gasteiger partial charge in [-0.3, -0.25) is 14.1 Å².